The summed E-state index contributed by atoms with van der Waals surface area (Å²) in [6.07, 6.45) is 0. The van der Waals surface area contributed by atoms with Crippen LogP contribution in [-0.4, -0.2) is 0 Å². The molecule has 0 bridgehead atoms. The first-order chi connectivity index (χ1) is 27.8. The van der Waals surface area contributed by atoms with Crippen molar-refractivity contribution in [3.63, 3.8) is 0 Å². The van der Waals surface area contributed by atoms with Crippen molar-refractivity contribution in [3.05, 3.63) is 212 Å². The van der Waals surface area contributed by atoms with Gasteiger partial charge in [-0.1, -0.05) is 158 Å². The van der Waals surface area contributed by atoms with Gasteiger partial charge in [-0.05, 0) is 109 Å². The summed E-state index contributed by atoms with van der Waals surface area (Å²) in [7, 11) is 0. The first-order valence-corrected chi connectivity index (χ1v) is 19.2. The van der Waals surface area contributed by atoms with E-state index in [4.69, 9.17) is 4.42 Å². The Morgan fingerprint density at radius 1 is 0.286 bits per heavy atom. The lowest BCUT2D eigenvalue weighted by Gasteiger charge is -2.26. The maximum Gasteiger partial charge on any atom is 0.143 e. The molecule has 0 aliphatic carbocycles. The zero-order valence-corrected chi connectivity index (χ0v) is 30.6. The van der Waals surface area contributed by atoms with Crippen LogP contribution in [0.3, 0.4) is 0 Å². The van der Waals surface area contributed by atoms with Gasteiger partial charge in [-0.15, -0.1) is 0 Å². The van der Waals surface area contributed by atoms with Gasteiger partial charge >= 0.3 is 0 Å². The van der Waals surface area contributed by atoms with E-state index in [0.29, 0.717) is 0 Å². The number of anilines is 3. The quantitative estimate of drug-likeness (QED) is 0.160. The molecule has 0 aliphatic rings. The summed E-state index contributed by atoms with van der Waals surface area (Å²) in [5, 5.41) is 9.57. The molecule has 0 amide bonds. The van der Waals surface area contributed by atoms with E-state index in [1.807, 2.05) is 0 Å². The molecular weight excluding hydrogens is 679 g/mol. The predicted octanol–water partition coefficient (Wildman–Crippen LogP) is 15.5. The minimum absolute atomic E-state index is 0.859. The van der Waals surface area contributed by atoms with Gasteiger partial charge in [0.1, 0.15) is 11.2 Å². The summed E-state index contributed by atoms with van der Waals surface area (Å²) in [5.41, 5.74) is 12.1. The van der Waals surface area contributed by atoms with E-state index in [0.717, 1.165) is 44.4 Å². The van der Waals surface area contributed by atoms with Crippen LogP contribution < -0.4 is 4.90 Å². The molecule has 262 valence electrons. The molecule has 0 saturated carbocycles. The standard InChI is InChI=1S/C54H35NO/c1-3-13-36(14-4-1)37-23-27-41(28-24-37)55(42-29-25-39(26-30-42)50-33-40-17-7-8-18-44(40)45-19-9-10-20-46(45)50)43-31-32-48-52-35-51(38-15-5-2-6-16-38)47-21-11-12-22-49(47)54(52)56-53(48)34-43/h1-35H. The number of hydrogen-bond donors (Lipinski definition) is 0. The smallest absolute Gasteiger partial charge is 0.143 e. The third kappa shape index (κ3) is 5.34. The van der Waals surface area contributed by atoms with E-state index in [9.17, 15) is 0 Å². The summed E-state index contributed by atoms with van der Waals surface area (Å²) in [6.45, 7) is 0. The van der Waals surface area contributed by atoms with E-state index in [-0.39, 0.29) is 0 Å². The van der Waals surface area contributed by atoms with Crippen molar-refractivity contribution in [1.29, 1.82) is 0 Å². The van der Waals surface area contributed by atoms with Gasteiger partial charge in [0.2, 0.25) is 0 Å². The number of nitrogens with zero attached hydrogens (tertiary/aromatic N) is 1. The lowest BCUT2D eigenvalue weighted by Crippen LogP contribution is -2.09. The summed E-state index contributed by atoms with van der Waals surface area (Å²) in [6, 6.07) is 76.3. The second-order valence-corrected chi connectivity index (χ2v) is 14.5. The number of benzene rings is 10. The van der Waals surface area contributed by atoms with Crippen molar-refractivity contribution < 1.29 is 4.42 Å². The molecule has 0 atom stereocenters. The highest BCUT2D eigenvalue weighted by Gasteiger charge is 2.19. The van der Waals surface area contributed by atoms with Crippen molar-refractivity contribution in [1.82, 2.24) is 0 Å². The highest BCUT2D eigenvalue weighted by Crippen LogP contribution is 2.44. The van der Waals surface area contributed by atoms with Crippen LogP contribution >= 0.6 is 0 Å². The third-order valence-corrected chi connectivity index (χ3v) is 11.2. The molecule has 0 fully saturated rings. The minimum atomic E-state index is 0.859. The Bertz CT molecular complexity index is 3220. The summed E-state index contributed by atoms with van der Waals surface area (Å²) < 4.78 is 6.82. The topological polar surface area (TPSA) is 16.4 Å². The van der Waals surface area contributed by atoms with Crippen molar-refractivity contribution in [3.8, 4) is 33.4 Å². The van der Waals surface area contributed by atoms with Gasteiger partial charge in [-0.25, -0.2) is 0 Å². The van der Waals surface area contributed by atoms with Crippen LogP contribution in [0.1, 0.15) is 0 Å². The number of fused-ring (bicyclic) bond motifs is 8. The van der Waals surface area contributed by atoms with Crippen LogP contribution in [0.4, 0.5) is 17.1 Å². The molecule has 1 heterocycles. The Balaban J connectivity index is 1.06. The van der Waals surface area contributed by atoms with Gasteiger partial charge < -0.3 is 9.32 Å². The van der Waals surface area contributed by atoms with Gasteiger partial charge in [-0.3, -0.25) is 0 Å². The fourth-order valence-corrected chi connectivity index (χ4v) is 8.55. The average molecular weight is 714 g/mol. The lowest BCUT2D eigenvalue weighted by atomic mass is 9.93. The molecule has 0 spiro atoms. The monoisotopic (exact) mass is 713 g/mol. The largest absolute Gasteiger partial charge is 0.455 e. The van der Waals surface area contributed by atoms with Crippen LogP contribution in [-0.2, 0) is 0 Å². The molecule has 11 aromatic rings. The first kappa shape index (κ1) is 32.0. The van der Waals surface area contributed by atoms with Crippen molar-refractivity contribution in [2.75, 3.05) is 4.90 Å². The normalized spacial score (nSPS) is 11.6. The summed E-state index contributed by atoms with van der Waals surface area (Å²) >= 11 is 0. The Morgan fingerprint density at radius 3 is 1.46 bits per heavy atom. The zero-order chi connectivity index (χ0) is 37.0. The maximum absolute atomic E-state index is 6.82. The zero-order valence-electron chi connectivity index (χ0n) is 30.6. The van der Waals surface area contributed by atoms with Crippen molar-refractivity contribution >= 4 is 71.3 Å². The van der Waals surface area contributed by atoms with Crippen LogP contribution in [0, 0.1) is 0 Å². The molecule has 10 aromatic carbocycles. The third-order valence-electron chi connectivity index (χ3n) is 11.2. The fraction of sp³-hybridized carbons (Fsp3) is 0. The highest BCUT2D eigenvalue weighted by atomic mass is 16.3. The van der Waals surface area contributed by atoms with Crippen LogP contribution in [0.15, 0.2) is 217 Å². The van der Waals surface area contributed by atoms with Crippen LogP contribution in [0.2, 0.25) is 0 Å². The molecule has 0 radical (unpaired) electrons. The maximum atomic E-state index is 6.82. The van der Waals surface area contributed by atoms with Gasteiger partial charge in [-0.2, -0.15) is 0 Å². The van der Waals surface area contributed by atoms with E-state index in [2.05, 4.69) is 217 Å². The fourth-order valence-electron chi connectivity index (χ4n) is 8.55. The van der Waals surface area contributed by atoms with Gasteiger partial charge in [0.05, 0.1) is 0 Å². The van der Waals surface area contributed by atoms with Crippen molar-refractivity contribution in [2.45, 2.75) is 0 Å². The summed E-state index contributed by atoms with van der Waals surface area (Å²) in [5.74, 6) is 0. The first-order valence-electron chi connectivity index (χ1n) is 19.2. The molecule has 2 heteroatoms. The predicted molar refractivity (Wildman–Crippen MR) is 237 cm³/mol. The Labute approximate surface area is 325 Å². The molecule has 0 unspecified atom stereocenters. The minimum Gasteiger partial charge on any atom is -0.455 e. The SMILES string of the molecule is c1ccc(-c2ccc(N(c3ccc(-c4cc5ccccc5c5ccccc45)cc3)c3ccc4c(c3)oc3c5ccccc5c(-c5ccccc5)cc43)cc2)cc1. The molecule has 1 aromatic heterocycles. The van der Waals surface area contributed by atoms with Crippen LogP contribution in [0.5, 0.6) is 0 Å². The Kier molecular flexibility index (Phi) is 7.53. The second-order valence-electron chi connectivity index (χ2n) is 14.5. The second kappa shape index (κ2) is 13.2. The highest BCUT2D eigenvalue weighted by molar-refractivity contribution is 6.19. The molecule has 2 nitrogen and oxygen atoms in total. The van der Waals surface area contributed by atoms with Gasteiger partial charge in [0, 0.05) is 39.3 Å². The molecule has 11 rings (SSSR count). The molecular formula is C54H35NO. The Hall–Kier alpha value is -7.42. The van der Waals surface area contributed by atoms with Gasteiger partial charge in [0.25, 0.3) is 0 Å². The molecule has 0 N–H and O–H groups in total. The molecule has 0 aliphatic heterocycles. The number of rotatable bonds is 6. The van der Waals surface area contributed by atoms with E-state index in [1.54, 1.807) is 0 Å². The molecule has 56 heavy (non-hydrogen) atoms. The number of hydrogen-bond acceptors (Lipinski definition) is 2. The lowest BCUT2D eigenvalue weighted by molar-refractivity contribution is 0.673. The van der Waals surface area contributed by atoms with Gasteiger partial charge in [0.15, 0.2) is 0 Å². The average Bonchev–Trinajstić information content (AvgIpc) is 3.65. The van der Waals surface area contributed by atoms with Crippen molar-refractivity contribution in [2.24, 2.45) is 0 Å². The van der Waals surface area contributed by atoms with Crippen LogP contribution in [0.25, 0.3) is 87.6 Å². The summed E-state index contributed by atoms with van der Waals surface area (Å²) in [4.78, 5) is 2.33. The number of furan rings is 1. The Morgan fingerprint density at radius 2 is 0.768 bits per heavy atom. The molecule has 0 saturated heterocycles. The van der Waals surface area contributed by atoms with E-state index in [1.165, 1.54) is 60.3 Å². The van der Waals surface area contributed by atoms with E-state index < -0.39 is 0 Å². The van der Waals surface area contributed by atoms with E-state index >= 15 is 0 Å².